The lowest BCUT2D eigenvalue weighted by atomic mass is 9.88. The molecule has 1 saturated heterocycles. The minimum absolute atomic E-state index is 0.234. The van der Waals surface area contributed by atoms with Crippen molar-refractivity contribution in [2.24, 2.45) is 4.40 Å². The van der Waals surface area contributed by atoms with Crippen LogP contribution in [0.5, 0.6) is 0 Å². The Balaban J connectivity index is 1.29. The molecule has 0 radical (unpaired) electrons. The number of benzene rings is 1. The molecule has 3 unspecified atom stereocenters. The van der Waals surface area contributed by atoms with Gasteiger partial charge >= 0.3 is 0 Å². The summed E-state index contributed by atoms with van der Waals surface area (Å²) in [5.74, 6) is -0.757. The third-order valence-electron chi connectivity index (χ3n) is 5.42. The second kappa shape index (κ2) is 9.00. The van der Waals surface area contributed by atoms with Crippen LogP contribution in [0.1, 0.15) is 30.0 Å². The molecule has 2 heterocycles. The highest BCUT2D eigenvalue weighted by Gasteiger charge is 2.40. The lowest BCUT2D eigenvalue weighted by molar-refractivity contribution is -0.150. The number of aliphatic hydroxyl groups excluding tert-OH is 1. The standard InChI is InChI=1S/C19H28N4O3S/c24-16(12-20-18-7-3-5-15-4-1-2-6-17(15)18)13-26-19(14-21-27-22-19)23-8-10-25-11-9-23/h1-2,4,6,14,16,18,20,22,24H,3,5,7-13H2. The van der Waals surface area contributed by atoms with Crippen LogP contribution in [0.3, 0.4) is 0 Å². The molecular weight excluding hydrogens is 364 g/mol. The average molecular weight is 393 g/mol. The molecule has 0 amide bonds. The summed E-state index contributed by atoms with van der Waals surface area (Å²) in [6, 6.07) is 8.89. The minimum Gasteiger partial charge on any atom is -0.389 e. The predicted molar refractivity (Wildman–Crippen MR) is 106 cm³/mol. The molecule has 4 rings (SSSR count). The number of rotatable bonds is 7. The highest BCUT2D eigenvalue weighted by Crippen LogP contribution is 2.29. The van der Waals surface area contributed by atoms with Gasteiger partial charge in [0.25, 0.3) is 0 Å². The van der Waals surface area contributed by atoms with E-state index >= 15 is 0 Å². The van der Waals surface area contributed by atoms with Crippen LogP contribution < -0.4 is 10.0 Å². The maximum absolute atomic E-state index is 10.5. The van der Waals surface area contributed by atoms with Gasteiger partial charge in [0.15, 0.2) is 0 Å². The first-order valence-electron chi connectivity index (χ1n) is 9.70. The van der Waals surface area contributed by atoms with Crippen molar-refractivity contribution in [3.05, 3.63) is 35.4 Å². The van der Waals surface area contributed by atoms with Gasteiger partial charge < -0.3 is 19.9 Å². The number of ether oxygens (including phenoxy) is 2. The summed E-state index contributed by atoms with van der Waals surface area (Å²) in [5.41, 5.74) is 2.78. The summed E-state index contributed by atoms with van der Waals surface area (Å²) in [7, 11) is 0. The van der Waals surface area contributed by atoms with E-state index in [2.05, 4.69) is 43.6 Å². The first-order valence-corrected chi connectivity index (χ1v) is 10.5. The molecule has 148 valence electrons. The van der Waals surface area contributed by atoms with E-state index in [-0.39, 0.29) is 6.61 Å². The van der Waals surface area contributed by atoms with Crippen LogP contribution in [-0.2, 0) is 15.9 Å². The van der Waals surface area contributed by atoms with E-state index in [1.54, 1.807) is 6.21 Å². The summed E-state index contributed by atoms with van der Waals surface area (Å²) < 4.78 is 19.0. The number of hydrogen-bond acceptors (Lipinski definition) is 8. The Morgan fingerprint density at radius 1 is 1.41 bits per heavy atom. The highest BCUT2D eigenvalue weighted by atomic mass is 32.2. The molecule has 3 N–H and O–H groups in total. The van der Waals surface area contributed by atoms with E-state index in [1.165, 1.54) is 29.7 Å². The van der Waals surface area contributed by atoms with E-state index in [0.717, 1.165) is 25.9 Å². The first kappa shape index (κ1) is 19.3. The Morgan fingerprint density at radius 3 is 3.07 bits per heavy atom. The minimum atomic E-state index is -0.757. The summed E-state index contributed by atoms with van der Waals surface area (Å²) >= 11 is 1.27. The van der Waals surface area contributed by atoms with E-state index in [1.807, 2.05) is 0 Å². The van der Waals surface area contributed by atoms with Crippen LogP contribution in [0, 0.1) is 0 Å². The monoisotopic (exact) mass is 392 g/mol. The highest BCUT2D eigenvalue weighted by molar-refractivity contribution is 7.96. The molecule has 27 heavy (non-hydrogen) atoms. The van der Waals surface area contributed by atoms with Gasteiger partial charge in [0.2, 0.25) is 5.85 Å². The Morgan fingerprint density at radius 2 is 2.26 bits per heavy atom. The smallest absolute Gasteiger partial charge is 0.226 e. The topological polar surface area (TPSA) is 78.3 Å². The maximum Gasteiger partial charge on any atom is 0.226 e. The Labute approximate surface area is 164 Å². The average Bonchev–Trinajstić information content (AvgIpc) is 3.21. The Hall–Kier alpha value is -1.00. The van der Waals surface area contributed by atoms with Gasteiger partial charge in [0.05, 0.1) is 44.3 Å². The zero-order valence-corrected chi connectivity index (χ0v) is 16.3. The summed E-state index contributed by atoms with van der Waals surface area (Å²) in [4.78, 5) is 2.16. The molecule has 8 heteroatoms. The van der Waals surface area contributed by atoms with Crippen LogP contribution in [0.25, 0.3) is 0 Å². The molecular formula is C19H28N4O3S. The second-order valence-corrected chi connectivity index (χ2v) is 7.84. The Kier molecular flexibility index (Phi) is 6.44. The molecule has 3 aliphatic rings. The largest absolute Gasteiger partial charge is 0.389 e. The lowest BCUT2D eigenvalue weighted by Gasteiger charge is -2.40. The van der Waals surface area contributed by atoms with Crippen LogP contribution >= 0.6 is 12.1 Å². The lowest BCUT2D eigenvalue weighted by Crippen LogP contribution is -2.62. The van der Waals surface area contributed by atoms with Gasteiger partial charge in [-0.25, -0.2) is 4.40 Å². The SMILES string of the molecule is OC(CNC1CCCc2ccccc21)COC1(N2CCOCC2)C=NSN1. The molecule has 1 fully saturated rings. The predicted octanol–water partition coefficient (Wildman–Crippen LogP) is 1.25. The van der Waals surface area contributed by atoms with E-state index in [9.17, 15) is 5.11 Å². The van der Waals surface area contributed by atoms with Gasteiger partial charge in [0.1, 0.15) is 0 Å². The van der Waals surface area contributed by atoms with E-state index in [0.29, 0.717) is 25.8 Å². The third-order valence-corrected chi connectivity index (χ3v) is 6.01. The van der Waals surface area contributed by atoms with Crippen molar-refractivity contribution in [1.29, 1.82) is 0 Å². The number of nitrogens with zero attached hydrogens (tertiary/aromatic N) is 2. The van der Waals surface area contributed by atoms with Gasteiger partial charge in [0, 0.05) is 25.7 Å². The van der Waals surface area contributed by atoms with Gasteiger partial charge in [-0.05, 0) is 30.4 Å². The summed E-state index contributed by atoms with van der Waals surface area (Å²) in [6.07, 6.45) is 4.62. The Bertz CT molecular complexity index is 656. The fourth-order valence-electron chi connectivity index (χ4n) is 3.94. The van der Waals surface area contributed by atoms with Gasteiger partial charge in [-0.2, -0.15) is 4.72 Å². The summed E-state index contributed by atoms with van der Waals surface area (Å²) in [5, 5.41) is 14.0. The molecule has 0 spiro atoms. The molecule has 0 bridgehead atoms. The zero-order chi connectivity index (χ0) is 18.5. The van der Waals surface area contributed by atoms with Crippen LogP contribution in [0.2, 0.25) is 0 Å². The van der Waals surface area contributed by atoms with Crippen molar-refractivity contribution in [3.8, 4) is 0 Å². The van der Waals surface area contributed by atoms with Gasteiger partial charge in [-0.1, -0.05) is 24.3 Å². The quantitative estimate of drug-likeness (QED) is 0.603. The number of hydrogen-bond donors (Lipinski definition) is 3. The van der Waals surface area contributed by atoms with E-state index in [4.69, 9.17) is 9.47 Å². The molecule has 2 aliphatic heterocycles. The van der Waals surface area contributed by atoms with Crippen molar-refractivity contribution < 1.29 is 14.6 Å². The molecule has 7 nitrogen and oxygen atoms in total. The van der Waals surface area contributed by atoms with Crippen LogP contribution in [-0.4, -0.2) is 67.6 Å². The molecule has 1 aromatic carbocycles. The van der Waals surface area contributed by atoms with Crippen LogP contribution in [0.4, 0.5) is 0 Å². The van der Waals surface area contributed by atoms with Crippen molar-refractivity contribution in [1.82, 2.24) is 14.9 Å². The summed E-state index contributed by atoms with van der Waals surface area (Å²) in [6.45, 7) is 3.63. The fraction of sp³-hybridized carbons (Fsp3) is 0.632. The zero-order valence-electron chi connectivity index (χ0n) is 15.5. The fourth-order valence-corrected chi connectivity index (χ4v) is 4.56. The molecule has 3 atom stereocenters. The van der Waals surface area contributed by atoms with Crippen molar-refractivity contribution in [3.63, 3.8) is 0 Å². The van der Waals surface area contributed by atoms with E-state index < -0.39 is 12.0 Å². The molecule has 0 saturated carbocycles. The number of nitrogens with one attached hydrogen (secondary N) is 2. The number of fused-ring (bicyclic) bond motifs is 1. The van der Waals surface area contributed by atoms with Crippen molar-refractivity contribution >= 4 is 18.3 Å². The number of morpholine rings is 1. The second-order valence-electron chi connectivity index (χ2n) is 7.24. The first-order chi connectivity index (χ1) is 13.3. The molecule has 1 aliphatic carbocycles. The van der Waals surface area contributed by atoms with Crippen molar-refractivity contribution in [2.75, 3.05) is 39.5 Å². The molecule has 1 aromatic rings. The third kappa shape index (κ3) is 4.54. The number of aryl methyl sites for hydroxylation is 1. The van der Waals surface area contributed by atoms with Crippen LogP contribution in [0.15, 0.2) is 28.7 Å². The maximum atomic E-state index is 10.5. The van der Waals surface area contributed by atoms with Gasteiger partial charge in [-0.3, -0.25) is 4.90 Å². The number of aliphatic hydroxyl groups is 1. The van der Waals surface area contributed by atoms with Crippen molar-refractivity contribution in [2.45, 2.75) is 37.3 Å². The molecule has 0 aromatic heterocycles. The van der Waals surface area contributed by atoms with Gasteiger partial charge in [-0.15, -0.1) is 0 Å². The normalized spacial score (nSPS) is 29.6.